The lowest BCUT2D eigenvalue weighted by Crippen LogP contribution is -2.34. The molecule has 2 aliphatic rings. The summed E-state index contributed by atoms with van der Waals surface area (Å²) in [6.45, 7) is 6.06. The molecule has 2 N–H and O–H groups in total. The van der Waals surface area contributed by atoms with Crippen molar-refractivity contribution in [2.75, 3.05) is 5.32 Å². The first-order valence-corrected chi connectivity index (χ1v) is 8.65. The number of carbonyl (C=O) groups is 2. The van der Waals surface area contributed by atoms with Crippen LogP contribution in [0.25, 0.3) is 0 Å². The van der Waals surface area contributed by atoms with Crippen molar-refractivity contribution in [3.63, 3.8) is 0 Å². The largest absolute Gasteiger partial charge is 0.353 e. The lowest BCUT2D eigenvalue weighted by atomic mass is 10.0. The van der Waals surface area contributed by atoms with E-state index in [1.165, 1.54) is 18.4 Å². The van der Waals surface area contributed by atoms with Gasteiger partial charge in [0.1, 0.15) is 0 Å². The number of rotatable bonds is 4. The third kappa shape index (κ3) is 3.57. The highest BCUT2D eigenvalue weighted by atomic mass is 16.2. The number of hydrogen-bond acceptors (Lipinski definition) is 2. The van der Waals surface area contributed by atoms with Crippen LogP contribution < -0.4 is 10.6 Å². The minimum atomic E-state index is -0.170. The second-order valence-electron chi connectivity index (χ2n) is 7.20. The Labute approximate surface area is 138 Å². The molecule has 3 rings (SSSR count). The topological polar surface area (TPSA) is 58.2 Å². The first kappa shape index (κ1) is 16.0. The number of hydrogen-bond donors (Lipinski definition) is 2. The fraction of sp³-hybridized carbons (Fsp3) is 0.579. The zero-order valence-electron chi connectivity index (χ0n) is 14.2. The van der Waals surface area contributed by atoms with Gasteiger partial charge in [-0.3, -0.25) is 9.59 Å². The van der Waals surface area contributed by atoms with Crippen LogP contribution in [0.5, 0.6) is 0 Å². The van der Waals surface area contributed by atoms with E-state index >= 15 is 0 Å². The van der Waals surface area contributed by atoms with E-state index in [0.29, 0.717) is 12.5 Å². The number of carbonyl (C=O) groups excluding carboxylic acids is 2. The molecule has 2 saturated carbocycles. The van der Waals surface area contributed by atoms with Crippen molar-refractivity contribution in [2.24, 2.45) is 11.8 Å². The summed E-state index contributed by atoms with van der Waals surface area (Å²) in [4.78, 5) is 24.6. The highest BCUT2D eigenvalue weighted by molar-refractivity contribution is 6.00. The molecular formula is C19H26N2O2. The first-order chi connectivity index (χ1) is 11.0. The predicted molar refractivity (Wildman–Crippen MR) is 91.3 cm³/mol. The molecular weight excluding hydrogens is 288 g/mol. The average molecular weight is 314 g/mol. The number of anilines is 1. The summed E-state index contributed by atoms with van der Waals surface area (Å²) in [5, 5.41) is 6.13. The van der Waals surface area contributed by atoms with Gasteiger partial charge in [0.05, 0.1) is 11.8 Å². The summed E-state index contributed by atoms with van der Waals surface area (Å²) in [6.07, 6.45) is 5.24. The molecule has 2 atom stereocenters. The van der Waals surface area contributed by atoms with Crippen molar-refractivity contribution >= 4 is 17.5 Å². The highest BCUT2D eigenvalue weighted by Gasteiger charge is 2.48. The van der Waals surface area contributed by atoms with Crippen LogP contribution in [-0.2, 0) is 9.59 Å². The van der Waals surface area contributed by atoms with Crippen LogP contribution in [0.2, 0.25) is 0 Å². The van der Waals surface area contributed by atoms with Crippen LogP contribution in [0.3, 0.4) is 0 Å². The summed E-state index contributed by atoms with van der Waals surface area (Å²) >= 11 is 0. The van der Waals surface area contributed by atoms with Crippen LogP contribution in [0.1, 0.15) is 48.8 Å². The molecule has 2 aliphatic carbocycles. The van der Waals surface area contributed by atoms with Crippen molar-refractivity contribution in [1.82, 2.24) is 5.32 Å². The molecule has 0 aliphatic heterocycles. The van der Waals surface area contributed by atoms with Gasteiger partial charge in [-0.1, -0.05) is 30.5 Å². The predicted octanol–water partition coefficient (Wildman–Crippen LogP) is 3.25. The maximum Gasteiger partial charge on any atom is 0.228 e. The molecule has 23 heavy (non-hydrogen) atoms. The third-order valence-electron chi connectivity index (χ3n) is 5.09. The molecule has 1 aromatic carbocycles. The van der Waals surface area contributed by atoms with Crippen LogP contribution in [0.4, 0.5) is 5.69 Å². The minimum absolute atomic E-state index is 0.0216. The Morgan fingerprint density at radius 2 is 1.52 bits per heavy atom. The average Bonchev–Trinajstić information content (AvgIpc) is 3.13. The Morgan fingerprint density at radius 3 is 2.13 bits per heavy atom. The van der Waals surface area contributed by atoms with E-state index in [9.17, 15) is 9.59 Å². The van der Waals surface area contributed by atoms with Crippen molar-refractivity contribution in [1.29, 1.82) is 0 Å². The van der Waals surface area contributed by atoms with Gasteiger partial charge in [0.15, 0.2) is 0 Å². The Balaban J connectivity index is 1.57. The SMILES string of the molecule is Cc1cc(C)c(NC(=O)C2CC2C(=O)NC2CCCC2)c(C)c1. The molecule has 2 unspecified atom stereocenters. The normalized spacial score (nSPS) is 23.6. The van der Waals surface area contributed by atoms with Gasteiger partial charge in [0, 0.05) is 11.7 Å². The van der Waals surface area contributed by atoms with Crippen LogP contribution >= 0.6 is 0 Å². The Kier molecular flexibility index (Phi) is 4.42. The summed E-state index contributed by atoms with van der Waals surface area (Å²) < 4.78 is 0. The van der Waals surface area contributed by atoms with Crippen molar-refractivity contribution < 1.29 is 9.59 Å². The molecule has 0 spiro atoms. The van der Waals surface area contributed by atoms with E-state index in [0.717, 1.165) is 29.7 Å². The summed E-state index contributed by atoms with van der Waals surface area (Å²) in [6, 6.07) is 4.47. The maximum absolute atomic E-state index is 12.4. The minimum Gasteiger partial charge on any atom is -0.353 e. The highest BCUT2D eigenvalue weighted by Crippen LogP contribution is 2.40. The molecule has 0 heterocycles. The van der Waals surface area contributed by atoms with E-state index in [4.69, 9.17) is 0 Å². The quantitative estimate of drug-likeness (QED) is 0.896. The molecule has 124 valence electrons. The molecule has 4 nitrogen and oxygen atoms in total. The standard InChI is InChI=1S/C19H26N2O2/c1-11-8-12(2)17(13(3)9-11)21-19(23)16-10-15(16)18(22)20-14-6-4-5-7-14/h8-9,14-16H,4-7,10H2,1-3H3,(H,20,22)(H,21,23). The van der Waals surface area contributed by atoms with Gasteiger partial charge in [-0.15, -0.1) is 0 Å². The van der Waals surface area contributed by atoms with Gasteiger partial charge in [0.25, 0.3) is 0 Å². The fourth-order valence-electron chi connectivity index (χ4n) is 3.75. The zero-order chi connectivity index (χ0) is 16.6. The van der Waals surface area contributed by atoms with Gasteiger partial charge < -0.3 is 10.6 Å². The zero-order valence-corrected chi connectivity index (χ0v) is 14.2. The van der Waals surface area contributed by atoms with E-state index in [-0.39, 0.29) is 23.7 Å². The van der Waals surface area contributed by atoms with E-state index in [1.807, 2.05) is 13.8 Å². The fourth-order valence-corrected chi connectivity index (χ4v) is 3.75. The Hall–Kier alpha value is -1.84. The molecule has 2 amide bonds. The second-order valence-corrected chi connectivity index (χ2v) is 7.20. The van der Waals surface area contributed by atoms with Crippen LogP contribution in [0, 0.1) is 32.6 Å². The van der Waals surface area contributed by atoms with E-state index in [1.54, 1.807) is 0 Å². The number of benzene rings is 1. The Morgan fingerprint density at radius 1 is 0.957 bits per heavy atom. The lowest BCUT2D eigenvalue weighted by molar-refractivity contribution is -0.125. The third-order valence-corrected chi connectivity index (χ3v) is 5.09. The van der Waals surface area contributed by atoms with Gasteiger partial charge in [-0.05, 0) is 51.2 Å². The summed E-state index contributed by atoms with van der Waals surface area (Å²) in [5.41, 5.74) is 4.23. The van der Waals surface area contributed by atoms with Crippen molar-refractivity contribution in [2.45, 2.75) is 58.9 Å². The molecule has 0 radical (unpaired) electrons. The molecule has 1 aromatic rings. The molecule has 4 heteroatoms. The lowest BCUT2D eigenvalue weighted by Gasteiger charge is -2.13. The van der Waals surface area contributed by atoms with Crippen molar-refractivity contribution in [3.8, 4) is 0 Å². The smallest absolute Gasteiger partial charge is 0.228 e. The van der Waals surface area contributed by atoms with Gasteiger partial charge in [-0.2, -0.15) is 0 Å². The molecule has 0 saturated heterocycles. The van der Waals surface area contributed by atoms with Crippen LogP contribution in [0.15, 0.2) is 12.1 Å². The summed E-state index contributed by atoms with van der Waals surface area (Å²) in [5.74, 6) is -0.265. The molecule has 2 fully saturated rings. The number of amides is 2. The summed E-state index contributed by atoms with van der Waals surface area (Å²) in [7, 11) is 0. The Bertz CT molecular complexity index is 609. The molecule has 0 aromatic heterocycles. The number of nitrogens with one attached hydrogen (secondary N) is 2. The van der Waals surface area contributed by atoms with Gasteiger partial charge in [-0.25, -0.2) is 0 Å². The van der Waals surface area contributed by atoms with Gasteiger partial charge >= 0.3 is 0 Å². The van der Waals surface area contributed by atoms with Crippen molar-refractivity contribution in [3.05, 3.63) is 28.8 Å². The monoisotopic (exact) mass is 314 g/mol. The maximum atomic E-state index is 12.4. The van der Waals surface area contributed by atoms with Gasteiger partial charge in [0.2, 0.25) is 11.8 Å². The molecule has 0 bridgehead atoms. The second kappa shape index (κ2) is 6.34. The first-order valence-electron chi connectivity index (χ1n) is 8.65. The van der Waals surface area contributed by atoms with E-state index < -0.39 is 0 Å². The van der Waals surface area contributed by atoms with Crippen LogP contribution in [-0.4, -0.2) is 17.9 Å². The van der Waals surface area contributed by atoms with E-state index in [2.05, 4.69) is 29.7 Å². The number of aryl methyl sites for hydroxylation is 3.